The van der Waals surface area contributed by atoms with Crippen LogP contribution in [0, 0.1) is 0 Å². The summed E-state index contributed by atoms with van der Waals surface area (Å²) in [6.07, 6.45) is 0.788. The van der Waals surface area contributed by atoms with Gasteiger partial charge in [-0.1, -0.05) is 11.6 Å². The normalized spacial score (nSPS) is 20.6. The van der Waals surface area contributed by atoms with Crippen molar-refractivity contribution in [3.05, 3.63) is 22.7 Å². The summed E-state index contributed by atoms with van der Waals surface area (Å²) in [5.74, 6) is 0.762. The lowest BCUT2D eigenvalue weighted by Crippen LogP contribution is -2.21. The van der Waals surface area contributed by atoms with Gasteiger partial charge < -0.3 is 16.2 Å². The number of fused-ring (bicyclic) bond motifs is 1. The van der Waals surface area contributed by atoms with E-state index in [4.69, 9.17) is 27.8 Å². The van der Waals surface area contributed by atoms with Gasteiger partial charge in [0.05, 0.1) is 17.3 Å². The molecule has 4 N–H and O–H groups in total. The number of anilines is 1. The van der Waals surface area contributed by atoms with Crippen LogP contribution in [-0.2, 0) is 0 Å². The summed E-state index contributed by atoms with van der Waals surface area (Å²) in [7, 11) is 0. The molecule has 0 amide bonds. The van der Waals surface area contributed by atoms with Gasteiger partial charge in [-0.25, -0.2) is 0 Å². The van der Waals surface area contributed by atoms with Crippen molar-refractivity contribution in [3.63, 3.8) is 0 Å². The Labute approximate surface area is 81.6 Å². The molecule has 0 aliphatic carbocycles. The molecule has 1 unspecified atom stereocenters. The molecule has 0 bridgehead atoms. The van der Waals surface area contributed by atoms with E-state index in [1.807, 2.05) is 6.07 Å². The first kappa shape index (κ1) is 8.66. The fourth-order valence-electron chi connectivity index (χ4n) is 1.50. The van der Waals surface area contributed by atoms with Crippen LogP contribution in [0.4, 0.5) is 5.69 Å². The van der Waals surface area contributed by atoms with E-state index in [1.54, 1.807) is 6.07 Å². The molecule has 1 atom stereocenters. The topological polar surface area (TPSA) is 61.3 Å². The van der Waals surface area contributed by atoms with E-state index in [1.165, 1.54) is 0 Å². The first-order chi connectivity index (χ1) is 6.20. The highest BCUT2D eigenvalue weighted by molar-refractivity contribution is 6.34. The fraction of sp³-hybridized carbons (Fsp3) is 0.333. The molecule has 1 aromatic rings. The third-order valence-corrected chi connectivity index (χ3v) is 2.65. The van der Waals surface area contributed by atoms with E-state index < -0.39 is 0 Å². The van der Waals surface area contributed by atoms with Crippen molar-refractivity contribution in [1.29, 1.82) is 0 Å². The third-order valence-electron chi connectivity index (χ3n) is 2.23. The van der Waals surface area contributed by atoms with Crippen molar-refractivity contribution < 1.29 is 4.74 Å². The van der Waals surface area contributed by atoms with Crippen molar-refractivity contribution in [2.45, 2.75) is 12.5 Å². The second-order valence-corrected chi connectivity index (χ2v) is 3.50. The van der Waals surface area contributed by atoms with Crippen LogP contribution >= 0.6 is 11.6 Å². The molecule has 1 heterocycles. The lowest BCUT2D eigenvalue weighted by molar-refractivity contribution is 0.269. The Morgan fingerprint density at radius 3 is 3.00 bits per heavy atom. The summed E-state index contributed by atoms with van der Waals surface area (Å²) in [6.45, 7) is 0.647. The predicted molar refractivity (Wildman–Crippen MR) is 52.9 cm³/mol. The smallest absolute Gasteiger partial charge is 0.125 e. The minimum absolute atomic E-state index is 0.0558. The number of benzene rings is 1. The number of nitrogens with two attached hydrogens (primary N) is 2. The van der Waals surface area contributed by atoms with Gasteiger partial charge in [0, 0.05) is 18.0 Å². The van der Waals surface area contributed by atoms with Gasteiger partial charge in [0.1, 0.15) is 5.75 Å². The molecular formula is C9H11ClN2O. The number of nitrogen functional groups attached to an aromatic ring is 1. The van der Waals surface area contributed by atoms with Crippen LogP contribution in [0.1, 0.15) is 18.0 Å². The van der Waals surface area contributed by atoms with E-state index in [-0.39, 0.29) is 6.04 Å². The minimum Gasteiger partial charge on any atom is -0.493 e. The van der Waals surface area contributed by atoms with Gasteiger partial charge in [0.2, 0.25) is 0 Å². The van der Waals surface area contributed by atoms with Gasteiger partial charge in [-0.05, 0) is 12.1 Å². The number of hydrogen-bond donors (Lipinski definition) is 2. The summed E-state index contributed by atoms with van der Waals surface area (Å²) in [5.41, 5.74) is 13.0. The molecule has 0 saturated heterocycles. The molecule has 0 aromatic heterocycles. The van der Waals surface area contributed by atoms with E-state index in [2.05, 4.69) is 0 Å². The van der Waals surface area contributed by atoms with E-state index >= 15 is 0 Å². The molecule has 70 valence electrons. The first-order valence-corrected chi connectivity index (χ1v) is 4.54. The predicted octanol–water partition coefficient (Wildman–Crippen LogP) is 1.70. The number of rotatable bonds is 0. The van der Waals surface area contributed by atoms with Crippen molar-refractivity contribution in [3.8, 4) is 5.75 Å². The van der Waals surface area contributed by atoms with Crippen molar-refractivity contribution in [2.24, 2.45) is 5.73 Å². The largest absolute Gasteiger partial charge is 0.493 e. The first-order valence-electron chi connectivity index (χ1n) is 4.16. The van der Waals surface area contributed by atoms with Gasteiger partial charge >= 0.3 is 0 Å². The number of halogens is 1. The van der Waals surface area contributed by atoms with Crippen LogP contribution in [0.25, 0.3) is 0 Å². The maximum Gasteiger partial charge on any atom is 0.125 e. The second kappa shape index (κ2) is 3.09. The molecule has 13 heavy (non-hydrogen) atoms. The van der Waals surface area contributed by atoms with Crippen LogP contribution in [0.15, 0.2) is 12.1 Å². The van der Waals surface area contributed by atoms with Crippen molar-refractivity contribution >= 4 is 17.3 Å². The van der Waals surface area contributed by atoms with Crippen LogP contribution in [0.2, 0.25) is 5.02 Å². The molecule has 4 heteroatoms. The summed E-state index contributed by atoms with van der Waals surface area (Å²) < 4.78 is 5.41. The van der Waals surface area contributed by atoms with Gasteiger partial charge in [0.15, 0.2) is 0 Å². The average Bonchev–Trinajstić information content (AvgIpc) is 2.12. The summed E-state index contributed by atoms with van der Waals surface area (Å²) in [5, 5.41) is 0.532. The highest BCUT2D eigenvalue weighted by Crippen LogP contribution is 2.38. The Hall–Kier alpha value is -0.930. The van der Waals surface area contributed by atoms with Crippen LogP contribution in [-0.4, -0.2) is 6.61 Å². The Balaban J connectivity index is 2.58. The molecule has 1 aliphatic heterocycles. The lowest BCUT2D eigenvalue weighted by atomic mass is 10.0. The molecule has 0 spiro atoms. The molecule has 3 nitrogen and oxygen atoms in total. The highest BCUT2D eigenvalue weighted by Gasteiger charge is 2.21. The molecule has 1 aliphatic rings. The molecule has 2 rings (SSSR count). The van der Waals surface area contributed by atoms with Crippen LogP contribution in [0.5, 0.6) is 5.75 Å². The number of ether oxygens (including phenoxy) is 1. The Kier molecular flexibility index (Phi) is 2.06. The summed E-state index contributed by atoms with van der Waals surface area (Å²) in [6, 6.07) is 3.49. The Bertz CT molecular complexity index is 341. The zero-order chi connectivity index (χ0) is 9.42. The molecule has 1 aromatic carbocycles. The monoisotopic (exact) mass is 198 g/mol. The van der Waals surface area contributed by atoms with E-state index in [9.17, 15) is 0 Å². The minimum atomic E-state index is -0.0558. The third kappa shape index (κ3) is 1.34. The lowest BCUT2D eigenvalue weighted by Gasteiger charge is -2.24. The maximum absolute atomic E-state index is 6.02. The van der Waals surface area contributed by atoms with Gasteiger partial charge in [-0.2, -0.15) is 0 Å². The quantitative estimate of drug-likeness (QED) is 0.624. The van der Waals surface area contributed by atoms with E-state index in [0.29, 0.717) is 17.3 Å². The zero-order valence-electron chi connectivity index (χ0n) is 7.09. The van der Waals surface area contributed by atoms with Gasteiger partial charge in [-0.3, -0.25) is 0 Å². The maximum atomic E-state index is 6.02. The standard InChI is InChI=1S/C9H11ClN2O/c10-9-6(12)1-2-7-8(9)5(11)3-4-13-7/h1-2,5H,3-4,11-12H2. The molecule has 0 saturated carbocycles. The van der Waals surface area contributed by atoms with Crippen LogP contribution < -0.4 is 16.2 Å². The van der Waals surface area contributed by atoms with Crippen molar-refractivity contribution in [2.75, 3.05) is 12.3 Å². The highest BCUT2D eigenvalue weighted by atomic mass is 35.5. The van der Waals surface area contributed by atoms with Crippen molar-refractivity contribution in [1.82, 2.24) is 0 Å². The van der Waals surface area contributed by atoms with Gasteiger partial charge in [0.25, 0.3) is 0 Å². The average molecular weight is 199 g/mol. The Morgan fingerprint density at radius 1 is 1.46 bits per heavy atom. The zero-order valence-corrected chi connectivity index (χ0v) is 7.84. The van der Waals surface area contributed by atoms with Gasteiger partial charge in [-0.15, -0.1) is 0 Å². The second-order valence-electron chi connectivity index (χ2n) is 3.12. The van der Waals surface area contributed by atoms with Crippen LogP contribution in [0.3, 0.4) is 0 Å². The summed E-state index contributed by atoms with van der Waals surface area (Å²) in [4.78, 5) is 0. The molecular weight excluding hydrogens is 188 g/mol. The summed E-state index contributed by atoms with van der Waals surface area (Å²) >= 11 is 6.02. The Morgan fingerprint density at radius 2 is 2.23 bits per heavy atom. The SMILES string of the molecule is Nc1ccc2c(c1Cl)C(N)CCO2. The fourth-order valence-corrected chi connectivity index (χ4v) is 1.80. The molecule has 0 fully saturated rings. The molecule has 0 radical (unpaired) electrons. The number of hydrogen-bond acceptors (Lipinski definition) is 3. The van der Waals surface area contributed by atoms with E-state index in [0.717, 1.165) is 17.7 Å².